The number of hydrogen-bond acceptors (Lipinski definition) is 4. The number of anilines is 1. The molecule has 2 heterocycles. The van der Waals surface area contributed by atoms with E-state index in [9.17, 15) is 22.8 Å². The van der Waals surface area contributed by atoms with Crippen molar-refractivity contribution >= 4 is 23.2 Å². The van der Waals surface area contributed by atoms with E-state index in [0.29, 0.717) is 28.8 Å². The van der Waals surface area contributed by atoms with Gasteiger partial charge >= 0.3 is 6.18 Å². The molecule has 3 rings (SSSR count). The van der Waals surface area contributed by atoms with Gasteiger partial charge in [-0.25, -0.2) is 9.67 Å². The lowest BCUT2D eigenvalue weighted by atomic mass is 10.2. The van der Waals surface area contributed by atoms with Crippen molar-refractivity contribution in [2.24, 2.45) is 0 Å². The summed E-state index contributed by atoms with van der Waals surface area (Å²) in [5.74, 6) is -0.865. The van der Waals surface area contributed by atoms with Gasteiger partial charge in [-0.05, 0) is 37.3 Å². The molecule has 11 heteroatoms. The van der Waals surface area contributed by atoms with E-state index in [-0.39, 0.29) is 5.82 Å². The van der Waals surface area contributed by atoms with Crippen LogP contribution in [0.3, 0.4) is 0 Å². The number of carbonyl (C=O) groups excluding carboxylic acids is 1. The van der Waals surface area contributed by atoms with Gasteiger partial charge in [-0.15, -0.1) is 5.10 Å². The Bertz CT molecular complexity index is 1060. The molecule has 0 aliphatic heterocycles. The van der Waals surface area contributed by atoms with E-state index in [0.717, 1.165) is 0 Å². The van der Waals surface area contributed by atoms with E-state index in [4.69, 9.17) is 11.6 Å². The molecule has 1 amide bonds. The molecule has 0 aliphatic carbocycles. The van der Waals surface area contributed by atoms with Gasteiger partial charge in [-0.1, -0.05) is 11.6 Å². The van der Waals surface area contributed by atoms with Crippen LogP contribution in [-0.4, -0.2) is 25.7 Å². The molecule has 0 spiro atoms. The van der Waals surface area contributed by atoms with Crippen LogP contribution in [0.2, 0.25) is 5.02 Å². The highest BCUT2D eigenvalue weighted by Gasteiger charge is 2.31. The number of pyridine rings is 1. The van der Waals surface area contributed by atoms with E-state index in [1.807, 2.05) is 4.98 Å². The van der Waals surface area contributed by atoms with Crippen LogP contribution in [0.5, 0.6) is 0 Å². The number of H-pyrrole nitrogens is 1. The molecule has 0 bridgehead atoms. The summed E-state index contributed by atoms with van der Waals surface area (Å²) in [7, 11) is 0. The Morgan fingerprint density at radius 1 is 1.26 bits per heavy atom. The molecule has 0 radical (unpaired) electrons. The van der Waals surface area contributed by atoms with Gasteiger partial charge in [-0.2, -0.15) is 13.2 Å². The fraction of sp³-hybridized carbons (Fsp3) is 0.125. The first-order valence-corrected chi connectivity index (χ1v) is 7.84. The average Bonchev–Trinajstić information content (AvgIpc) is 2.98. The highest BCUT2D eigenvalue weighted by Crippen LogP contribution is 2.29. The molecular formula is C16H11ClF3N5O2. The number of alkyl halides is 3. The van der Waals surface area contributed by atoms with Gasteiger partial charge < -0.3 is 10.3 Å². The van der Waals surface area contributed by atoms with Crippen LogP contribution < -0.4 is 10.9 Å². The van der Waals surface area contributed by atoms with Crippen molar-refractivity contribution in [3.8, 4) is 5.69 Å². The fourth-order valence-corrected chi connectivity index (χ4v) is 2.36. The van der Waals surface area contributed by atoms with Gasteiger partial charge in [0.2, 0.25) is 5.82 Å². The van der Waals surface area contributed by atoms with Crippen LogP contribution in [0.1, 0.15) is 22.0 Å². The largest absolute Gasteiger partial charge is 0.417 e. The number of rotatable bonds is 3. The van der Waals surface area contributed by atoms with E-state index in [1.165, 1.54) is 4.68 Å². The lowest BCUT2D eigenvalue weighted by Crippen LogP contribution is -2.22. The number of hydrogen-bond donors (Lipinski definition) is 2. The van der Waals surface area contributed by atoms with Crippen LogP contribution in [0.4, 0.5) is 18.9 Å². The molecule has 2 aromatic heterocycles. The maximum Gasteiger partial charge on any atom is 0.417 e. The number of nitrogens with zero attached hydrogens (tertiary/aromatic N) is 3. The standard InChI is InChI=1S/C16H11ClF3N5O2/c1-8-22-13(24-25(8)11-4-2-10(17)3-5-11)15(27)23-12-6-9(16(18,19)20)7-21-14(12)26/h2-7H,1H3,(H,21,26)(H,23,27). The lowest BCUT2D eigenvalue weighted by Gasteiger charge is -2.08. The summed E-state index contributed by atoms with van der Waals surface area (Å²) in [5.41, 5.74) is -1.96. The fourth-order valence-electron chi connectivity index (χ4n) is 2.23. The number of amides is 1. The molecule has 0 unspecified atom stereocenters. The highest BCUT2D eigenvalue weighted by atomic mass is 35.5. The first kappa shape index (κ1) is 18.6. The third-order valence-corrected chi connectivity index (χ3v) is 3.77. The molecule has 0 saturated heterocycles. The Kier molecular flexibility index (Phi) is 4.75. The van der Waals surface area contributed by atoms with Crippen molar-refractivity contribution in [2.75, 3.05) is 5.32 Å². The normalized spacial score (nSPS) is 11.4. The number of aryl methyl sites for hydroxylation is 1. The van der Waals surface area contributed by atoms with E-state index in [1.54, 1.807) is 31.2 Å². The van der Waals surface area contributed by atoms with Crippen LogP contribution in [0, 0.1) is 6.92 Å². The molecule has 7 nitrogen and oxygen atoms in total. The summed E-state index contributed by atoms with van der Waals surface area (Å²) in [5, 5.41) is 6.63. The molecule has 27 heavy (non-hydrogen) atoms. The summed E-state index contributed by atoms with van der Waals surface area (Å²) in [4.78, 5) is 29.9. The van der Waals surface area contributed by atoms with Crippen LogP contribution in [0.25, 0.3) is 5.69 Å². The smallest absolute Gasteiger partial charge is 0.327 e. The van der Waals surface area contributed by atoms with Crippen LogP contribution >= 0.6 is 11.6 Å². The molecule has 0 atom stereocenters. The van der Waals surface area contributed by atoms with Crippen LogP contribution in [-0.2, 0) is 6.18 Å². The van der Waals surface area contributed by atoms with E-state index in [2.05, 4.69) is 15.4 Å². The second-order valence-electron chi connectivity index (χ2n) is 5.45. The summed E-state index contributed by atoms with van der Waals surface area (Å²) in [6.45, 7) is 1.59. The molecule has 140 valence electrons. The summed E-state index contributed by atoms with van der Waals surface area (Å²) >= 11 is 5.82. The van der Waals surface area contributed by atoms with Gasteiger partial charge in [-0.3, -0.25) is 9.59 Å². The van der Waals surface area contributed by atoms with Crippen molar-refractivity contribution < 1.29 is 18.0 Å². The van der Waals surface area contributed by atoms with Crippen molar-refractivity contribution in [3.63, 3.8) is 0 Å². The predicted molar refractivity (Wildman–Crippen MR) is 91.1 cm³/mol. The third kappa shape index (κ3) is 4.00. The second kappa shape index (κ2) is 6.88. The van der Waals surface area contributed by atoms with Gasteiger partial charge in [0.05, 0.1) is 11.3 Å². The SMILES string of the molecule is Cc1nc(C(=O)Nc2cc(C(F)(F)F)c[nH]c2=O)nn1-c1ccc(Cl)cc1. The Balaban J connectivity index is 1.89. The third-order valence-electron chi connectivity index (χ3n) is 3.52. The Morgan fingerprint density at radius 2 is 1.93 bits per heavy atom. The average molecular weight is 398 g/mol. The van der Waals surface area contributed by atoms with Crippen molar-refractivity contribution in [1.82, 2.24) is 19.7 Å². The quantitative estimate of drug-likeness (QED) is 0.710. The predicted octanol–water partition coefficient (Wildman–Crippen LogP) is 3.19. The minimum atomic E-state index is -4.67. The number of halogens is 4. The number of carbonyl (C=O) groups is 1. The molecule has 2 N–H and O–H groups in total. The van der Waals surface area contributed by atoms with Crippen LogP contribution in [0.15, 0.2) is 41.3 Å². The second-order valence-corrected chi connectivity index (χ2v) is 5.89. The zero-order valence-corrected chi connectivity index (χ0v) is 14.4. The minimum absolute atomic E-state index is 0.306. The number of benzene rings is 1. The summed E-state index contributed by atoms with van der Waals surface area (Å²) in [6, 6.07) is 7.10. The molecule has 0 saturated carbocycles. The molecule has 0 aliphatic rings. The lowest BCUT2D eigenvalue weighted by molar-refractivity contribution is -0.137. The zero-order chi connectivity index (χ0) is 19.8. The van der Waals surface area contributed by atoms with Gasteiger partial charge in [0.25, 0.3) is 11.5 Å². The molecule has 3 aromatic rings. The first-order valence-electron chi connectivity index (χ1n) is 7.46. The topological polar surface area (TPSA) is 92.7 Å². The van der Waals surface area contributed by atoms with Crippen molar-refractivity contribution in [2.45, 2.75) is 13.1 Å². The molecule has 0 fully saturated rings. The van der Waals surface area contributed by atoms with Gasteiger partial charge in [0.15, 0.2) is 0 Å². The maximum atomic E-state index is 12.8. The Hall–Kier alpha value is -3.14. The maximum absolute atomic E-state index is 12.8. The molecular weight excluding hydrogens is 387 g/mol. The Labute approximate surface area is 154 Å². The summed E-state index contributed by atoms with van der Waals surface area (Å²) < 4.78 is 39.6. The minimum Gasteiger partial charge on any atom is -0.327 e. The molecule has 1 aromatic carbocycles. The first-order chi connectivity index (χ1) is 12.6. The van der Waals surface area contributed by atoms with Crippen molar-refractivity contribution in [1.29, 1.82) is 0 Å². The van der Waals surface area contributed by atoms with E-state index >= 15 is 0 Å². The Morgan fingerprint density at radius 3 is 2.56 bits per heavy atom. The highest BCUT2D eigenvalue weighted by molar-refractivity contribution is 6.30. The van der Waals surface area contributed by atoms with E-state index < -0.39 is 28.9 Å². The number of aromatic nitrogens is 4. The zero-order valence-electron chi connectivity index (χ0n) is 13.6. The van der Waals surface area contributed by atoms with Gasteiger partial charge in [0.1, 0.15) is 11.5 Å². The van der Waals surface area contributed by atoms with Crippen molar-refractivity contribution in [3.05, 3.63) is 69.1 Å². The number of aromatic amines is 1. The number of nitrogens with one attached hydrogen (secondary N) is 2. The monoisotopic (exact) mass is 397 g/mol. The summed E-state index contributed by atoms with van der Waals surface area (Å²) in [6.07, 6.45) is -4.15. The van der Waals surface area contributed by atoms with Gasteiger partial charge in [0, 0.05) is 11.2 Å².